The number of piperidine rings is 1. The standard InChI is InChI=1S/C33H37N3O2/c37-33(27-11-9-25(10-12-27)28-4-3-18-34-22-28)35-29-13-7-24(8-14-29)15-19-36-20-16-26(17-21-36)31-23-38-32-6-2-1-5-30(31)32/h1-6,9-12,18,22-24,26,29H,7-8,13-17,19-21H2,(H,35,37). The van der Waals surface area contributed by atoms with Crippen LogP contribution in [0, 0.1) is 5.92 Å². The topological polar surface area (TPSA) is 58.4 Å². The number of fused-ring (bicyclic) bond motifs is 1. The summed E-state index contributed by atoms with van der Waals surface area (Å²) in [5.41, 5.74) is 5.27. The van der Waals surface area contributed by atoms with Crippen molar-refractivity contribution in [2.75, 3.05) is 19.6 Å². The fraction of sp³-hybridized carbons (Fsp3) is 0.394. The van der Waals surface area contributed by atoms with Crippen molar-refractivity contribution in [2.24, 2.45) is 5.92 Å². The van der Waals surface area contributed by atoms with Crippen molar-refractivity contribution >= 4 is 16.9 Å². The number of amides is 1. The quantitative estimate of drug-likeness (QED) is 0.291. The van der Waals surface area contributed by atoms with Gasteiger partial charge in [-0.1, -0.05) is 36.4 Å². The Kier molecular flexibility index (Phi) is 7.54. The van der Waals surface area contributed by atoms with Gasteiger partial charge in [-0.2, -0.15) is 0 Å². The third-order valence-electron chi connectivity index (χ3n) is 8.72. The molecule has 0 spiro atoms. The van der Waals surface area contributed by atoms with Crippen molar-refractivity contribution < 1.29 is 9.21 Å². The molecule has 1 N–H and O–H groups in total. The van der Waals surface area contributed by atoms with Crippen LogP contribution in [-0.2, 0) is 0 Å². The molecule has 1 amide bonds. The van der Waals surface area contributed by atoms with Crippen molar-refractivity contribution in [1.82, 2.24) is 15.2 Å². The number of nitrogens with zero attached hydrogens (tertiary/aromatic N) is 2. The summed E-state index contributed by atoms with van der Waals surface area (Å²) in [6.07, 6.45) is 13.9. The Morgan fingerprint density at radius 2 is 1.68 bits per heavy atom. The van der Waals surface area contributed by atoms with Crippen LogP contribution >= 0.6 is 0 Å². The molecule has 2 aromatic carbocycles. The molecular weight excluding hydrogens is 470 g/mol. The maximum atomic E-state index is 12.8. The summed E-state index contributed by atoms with van der Waals surface area (Å²) >= 11 is 0. The molecule has 2 aliphatic rings. The first-order valence-corrected chi connectivity index (χ1v) is 14.2. The predicted octanol–water partition coefficient (Wildman–Crippen LogP) is 7.05. The lowest BCUT2D eigenvalue weighted by Crippen LogP contribution is -2.38. The van der Waals surface area contributed by atoms with E-state index in [9.17, 15) is 4.79 Å². The largest absolute Gasteiger partial charge is 0.464 e. The van der Waals surface area contributed by atoms with Crippen LogP contribution in [0.3, 0.4) is 0 Å². The molecule has 4 aromatic rings. The molecule has 196 valence electrons. The van der Waals surface area contributed by atoms with E-state index in [1.807, 2.05) is 54.9 Å². The lowest BCUT2D eigenvalue weighted by atomic mass is 9.83. The molecule has 1 aliphatic carbocycles. The molecule has 1 saturated heterocycles. The average Bonchev–Trinajstić information content (AvgIpc) is 3.42. The predicted molar refractivity (Wildman–Crippen MR) is 152 cm³/mol. The summed E-state index contributed by atoms with van der Waals surface area (Å²) in [6.45, 7) is 3.55. The summed E-state index contributed by atoms with van der Waals surface area (Å²) in [5.74, 6) is 1.43. The molecule has 1 saturated carbocycles. The van der Waals surface area contributed by atoms with E-state index in [0.717, 1.165) is 41.0 Å². The second kappa shape index (κ2) is 11.5. The molecular formula is C33H37N3O2. The Morgan fingerprint density at radius 1 is 0.895 bits per heavy atom. The molecule has 6 rings (SSSR count). The van der Waals surface area contributed by atoms with Gasteiger partial charge in [0.2, 0.25) is 0 Å². The Morgan fingerprint density at radius 3 is 2.45 bits per heavy atom. The van der Waals surface area contributed by atoms with E-state index < -0.39 is 0 Å². The molecule has 38 heavy (non-hydrogen) atoms. The molecule has 0 radical (unpaired) electrons. The molecule has 0 atom stereocenters. The molecule has 5 heteroatoms. The van der Waals surface area contributed by atoms with Gasteiger partial charge in [0.15, 0.2) is 0 Å². The van der Waals surface area contributed by atoms with Crippen molar-refractivity contribution in [1.29, 1.82) is 0 Å². The highest BCUT2D eigenvalue weighted by Crippen LogP contribution is 2.35. The Hall–Kier alpha value is -3.44. The second-order valence-electron chi connectivity index (χ2n) is 11.1. The number of pyridine rings is 1. The molecule has 3 heterocycles. The number of aromatic nitrogens is 1. The zero-order valence-electron chi connectivity index (χ0n) is 22.0. The molecule has 0 unspecified atom stereocenters. The average molecular weight is 508 g/mol. The number of furan rings is 1. The van der Waals surface area contributed by atoms with E-state index in [1.165, 1.54) is 62.7 Å². The van der Waals surface area contributed by atoms with Crippen LogP contribution in [0.25, 0.3) is 22.1 Å². The lowest BCUT2D eigenvalue weighted by Gasteiger charge is -2.34. The minimum absolute atomic E-state index is 0.0412. The van der Waals surface area contributed by atoms with Gasteiger partial charge in [-0.15, -0.1) is 0 Å². The molecule has 1 aliphatic heterocycles. The van der Waals surface area contributed by atoms with Gasteiger partial charge in [-0.3, -0.25) is 9.78 Å². The van der Waals surface area contributed by atoms with Crippen LogP contribution in [0.15, 0.2) is 83.7 Å². The monoisotopic (exact) mass is 507 g/mol. The van der Waals surface area contributed by atoms with Gasteiger partial charge in [0, 0.05) is 34.9 Å². The fourth-order valence-corrected chi connectivity index (χ4v) is 6.36. The number of likely N-dealkylation sites (tertiary alicyclic amines) is 1. The zero-order chi connectivity index (χ0) is 25.7. The number of nitrogens with one attached hydrogen (secondary N) is 1. The normalized spacial score (nSPS) is 20.9. The van der Waals surface area contributed by atoms with Crippen LogP contribution in [0.5, 0.6) is 0 Å². The third-order valence-corrected chi connectivity index (χ3v) is 8.72. The molecule has 0 bridgehead atoms. The summed E-state index contributed by atoms with van der Waals surface area (Å²) in [7, 11) is 0. The van der Waals surface area contributed by atoms with Crippen LogP contribution in [0.4, 0.5) is 0 Å². The van der Waals surface area contributed by atoms with Crippen molar-refractivity contribution in [3.63, 3.8) is 0 Å². The van der Waals surface area contributed by atoms with Crippen LogP contribution < -0.4 is 5.32 Å². The van der Waals surface area contributed by atoms with Gasteiger partial charge < -0.3 is 14.6 Å². The van der Waals surface area contributed by atoms with Gasteiger partial charge in [-0.05, 0) is 112 Å². The number of rotatable bonds is 7. The van der Waals surface area contributed by atoms with E-state index in [4.69, 9.17) is 4.42 Å². The second-order valence-corrected chi connectivity index (χ2v) is 11.1. The minimum Gasteiger partial charge on any atom is -0.464 e. The van der Waals surface area contributed by atoms with E-state index in [1.54, 1.807) is 6.20 Å². The minimum atomic E-state index is 0.0412. The Bertz CT molecular complexity index is 1330. The summed E-state index contributed by atoms with van der Waals surface area (Å²) in [6, 6.07) is 20.5. The van der Waals surface area contributed by atoms with E-state index >= 15 is 0 Å². The van der Waals surface area contributed by atoms with Crippen LogP contribution in [0.2, 0.25) is 0 Å². The van der Waals surface area contributed by atoms with Gasteiger partial charge in [-0.25, -0.2) is 0 Å². The summed E-state index contributed by atoms with van der Waals surface area (Å²) < 4.78 is 5.79. The first-order chi connectivity index (χ1) is 18.7. The smallest absolute Gasteiger partial charge is 0.251 e. The SMILES string of the molecule is O=C(NC1CCC(CCN2CCC(c3coc4ccccc34)CC2)CC1)c1ccc(-c2cccnc2)cc1. The van der Waals surface area contributed by atoms with E-state index in [-0.39, 0.29) is 11.9 Å². The van der Waals surface area contributed by atoms with Crippen molar-refractivity contribution in [3.05, 3.63) is 90.4 Å². The highest BCUT2D eigenvalue weighted by atomic mass is 16.3. The number of hydrogen-bond donors (Lipinski definition) is 1. The number of hydrogen-bond acceptors (Lipinski definition) is 4. The van der Waals surface area contributed by atoms with Crippen molar-refractivity contribution in [3.8, 4) is 11.1 Å². The van der Waals surface area contributed by atoms with Crippen LogP contribution in [0.1, 0.15) is 66.8 Å². The molecule has 2 fully saturated rings. The molecule has 2 aromatic heterocycles. The fourth-order valence-electron chi connectivity index (χ4n) is 6.36. The van der Waals surface area contributed by atoms with Crippen LogP contribution in [-0.4, -0.2) is 41.5 Å². The van der Waals surface area contributed by atoms with Gasteiger partial charge >= 0.3 is 0 Å². The van der Waals surface area contributed by atoms with E-state index in [2.05, 4.69) is 33.4 Å². The van der Waals surface area contributed by atoms with Gasteiger partial charge in [0.05, 0.1) is 6.26 Å². The maximum absolute atomic E-state index is 12.8. The number of para-hydroxylation sites is 1. The third kappa shape index (κ3) is 5.68. The van der Waals surface area contributed by atoms with Crippen molar-refractivity contribution in [2.45, 2.75) is 56.9 Å². The maximum Gasteiger partial charge on any atom is 0.251 e. The highest BCUT2D eigenvalue weighted by Gasteiger charge is 2.26. The number of carbonyl (C=O) groups excluding carboxylic acids is 1. The summed E-state index contributed by atoms with van der Waals surface area (Å²) in [5, 5.41) is 4.57. The Balaban J connectivity index is 0.915. The van der Waals surface area contributed by atoms with Gasteiger partial charge in [0.25, 0.3) is 5.91 Å². The van der Waals surface area contributed by atoms with E-state index in [0.29, 0.717) is 5.92 Å². The lowest BCUT2D eigenvalue weighted by molar-refractivity contribution is 0.0919. The highest BCUT2D eigenvalue weighted by molar-refractivity contribution is 5.94. The number of carbonyl (C=O) groups is 1. The zero-order valence-corrected chi connectivity index (χ0v) is 22.0. The first-order valence-electron chi connectivity index (χ1n) is 14.2. The Labute approximate surface area is 225 Å². The van der Waals surface area contributed by atoms with Gasteiger partial charge in [0.1, 0.15) is 5.58 Å². The number of benzene rings is 2. The summed E-state index contributed by atoms with van der Waals surface area (Å²) in [4.78, 5) is 19.7. The molecule has 5 nitrogen and oxygen atoms in total. The first kappa shape index (κ1) is 24.9.